The average Bonchev–Trinajstić information content (AvgIpc) is 2.94. The molecule has 0 aliphatic carbocycles. The van der Waals surface area contributed by atoms with Crippen molar-refractivity contribution in [2.24, 2.45) is 0 Å². The maximum absolute atomic E-state index is 13.1. The third kappa shape index (κ3) is 7.18. The number of hydrogen-bond donors (Lipinski definition) is 0. The van der Waals surface area contributed by atoms with Gasteiger partial charge >= 0.3 is 6.18 Å². The first kappa shape index (κ1) is 26.8. The number of carbonyl (C=O) groups excluding carboxylic acids is 1. The molecule has 1 aliphatic rings. The molecule has 1 aliphatic heterocycles. The number of rotatable bonds is 8. The fraction of sp³-hybridized carbons (Fsp3) is 0.281. The van der Waals surface area contributed by atoms with Gasteiger partial charge in [-0.15, -0.1) is 0 Å². The third-order valence-electron chi connectivity index (χ3n) is 7.04. The second kappa shape index (κ2) is 11.9. The van der Waals surface area contributed by atoms with Crippen molar-refractivity contribution in [2.75, 3.05) is 13.1 Å². The van der Waals surface area contributed by atoms with Gasteiger partial charge in [0.05, 0.1) is 11.3 Å². The van der Waals surface area contributed by atoms with E-state index in [4.69, 9.17) is 0 Å². The molecule has 4 nitrogen and oxygen atoms in total. The molecule has 0 amide bonds. The highest BCUT2D eigenvalue weighted by Gasteiger charge is 2.30. The van der Waals surface area contributed by atoms with Crippen LogP contribution in [0, 0.1) is 0 Å². The number of alkyl halides is 3. The molecular formula is C32H30F3N3O. The first-order valence-electron chi connectivity index (χ1n) is 13.3. The van der Waals surface area contributed by atoms with Crippen LogP contribution in [0.25, 0.3) is 11.3 Å². The molecule has 5 rings (SSSR count). The molecule has 0 unspecified atom stereocenters. The van der Waals surface area contributed by atoms with Crippen molar-refractivity contribution in [1.82, 2.24) is 14.9 Å². The van der Waals surface area contributed by atoms with E-state index in [2.05, 4.69) is 14.9 Å². The lowest BCUT2D eigenvalue weighted by atomic mass is 9.99. The number of carbonyl (C=O) groups is 1. The van der Waals surface area contributed by atoms with Crippen LogP contribution in [0.1, 0.15) is 57.7 Å². The normalized spacial score (nSPS) is 14.3. The van der Waals surface area contributed by atoms with Crippen molar-refractivity contribution in [1.29, 1.82) is 0 Å². The lowest BCUT2D eigenvalue weighted by Crippen LogP contribution is -2.29. The molecule has 2 heterocycles. The average molecular weight is 530 g/mol. The first-order valence-corrected chi connectivity index (χ1v) is 13.3. The number of likely N-dealkylation sites (tertiary alicyclic amines) is 1. The predicted octanol–water partition coefficient (Wildman–Crippen LogP) is 7.16. The summed E-state index contributed by atoms with van der Waals surface area (Å²) >= 11 is 0. The zero-order chi connectivity index (χ0) is 27.2. The van der Waals surface area contributed by atoms with Gasteiger partial charge in [-0.3, -0.25) is 9.69 Å². The summed E-state index contributed by atoms with van der Waals surface area (Å²) in [5, 5.41) is 0. The van der Waals surface area contributed by atoms with E-state index < -0.39 is 11.7 Å². The number of ketones is 1. The van der Waals surface area contributed by atoms with Crippen molar-refractivity contribution in [2.45, 2.75) is 44.8 Å². The molecule has 3 aromatic carbocycles. The lowest BCUT2D eigenvalue weighted by molar-refractivity contribution is -0.137. The van der Waals surface area contributed by atoms with Crippen molar-refractivity contribution in [3.05, 3.63) is 119 Å². The zero-order valence-corrected chi connectivity index (χ0v) is 21.6. The number of halogens is 3. The van der Waals surface area contributed by atoms with E-state index in [0.29, 0.717) is 29.1 Å². The molecule has 0 bridgehead atoms. The van der Waals surface area contributed by atoms with E-state index in [9.17, 15) is 18.0 Å². The summed E-state index contributed by atoms with van der Waals surface area (Å²) in [6.07, 6.45) is 1.64. The van der Waals surface area contributed by atoms with Gasteiger partial charge in [-0.05, 0) is 60.8 Å². The Morgan fingerprint density at radius 1 is 0.821 bits per heavy atom. The van der Waals surface area contributed by atoms with Gasteiger partial charge in [-0.25, -0.2) is 9.97 Å². The van der Waals surface area contributed by atoms with Gasteiger partial charge in [-0.2, -0.15) is 13.2 Å². The number of piperidine rings is 1. The monoisotopic (exact) mass is 529 g/mol. The number of aromatic nitrogens is 2. The Morgan fingerprint density at radius 3 is 2.33 bits per heavy atom. The molecule has 7 heteroatoms. The molecule has 0 N–H and O–H groups in total. The van der Waals surface area contributed by atoms with Crippen LogP contribution < -0.4 is 0 Å². The van der Waals surface area contributed by atoms with Crippen molar-refractivity contribution < 1.29 is 18.0 Å². The highest BCUT2D eigenvalue weighted by Crippen LogP contribution is 2.31. The van der Waals surface area contributed by atoms with E-state index in [0.717, 1.165) is 42.9 Å². The fourth-order valence-corrected chi connectivity index (χ4v) is 4.99. The molecule has 0 radical (unpaired) electrons. The summed E-state index contributed by atoms with van der Waals surface area (Å²) in [4.78, 5) is 24.2. The smallest absolute Gasteiger partial charge is 0.299 e. The van der Waals surface area contributed by atoms with E-state index in [1.807, 2.05) is 48.5 Å². The van der Waals surface area contributed by atoms with E-state index >= 15 is 0 Å². The summed E-state index contributed by atoms with van der Waals surface area (Å²) in [6, 6.07) is 22.4. The number of nitrogens with zero attached hydrogens (tertiary/aromatic N) is 3. The largest absolute Gasteiger partial charge is 0.416 e. The first-order chi connectivity index (χ1) is 18.8. The quantitative estimate of drug-likeness (QED) is 0.227. The van der Waals surface area contributed by atoms with Crippen LogP contribution in [0.4, 0.5) is 13.2 Å². The number of Topliss-reactive ketones (excluding diaryl/α,β-unsaturated/α-hetero) is 1. The maximum atomic E-state index is 13.1. The Labute approximate surface area is 226 Å². The van der Waals surface area contributed by atoms with E-state index in [-0.39, 0.29) is 12.2 Å². The van der Waals surface area contributed by atoms with Gasteiger partial charge in [0.2, 0.25) is 0 Å². The molecule has 0 atom stereocenters. The number of hydrogen-bond acceptors (Lipinski definition) is 4. The summed E-state index contributed by atoms with van der Waals surface area (Å²) in [6.45, 7) is 3.20. The van der Waals surface area contributed by atoms with Crippen LogP contribution >= 0.6 is 0 Å². The Kier molecular flexibility index (Phi) is 8.17. The van der Waals surface area contributed by atoms with Gasteiger partial charge in [0.25, 0.3) is 0 Å². The van der Waals surface area contributed by atoms with E-state index in [1.165, 1.54) is 30.9 Å². The maximum Gasteiger partial charge on any atom is 0.416 e. The molecule has 0 saturated carbocycles. The van der Waals surface area contributed by atoms with E-state index in [1.54, 1.807) is 18.3 Å². The minimum Gasteiger partial charge on any atom is -0.299 e. The Bertz CT molecular complexity index is 1430. The predicted molar refractivity (Wildman–Crippen MR) is 145 cm³/mol. The lowest BCUT2D eigenvalue weighted by Gasteiger charge is -2.26. The Balaban J connectivity index is 1.23. The summed E-state index contributed by atoms with van der Waals surface area (Å²) in [7, 11) is 0. The second-order valence-corrected chi connectivity index (χ2v) is 10.1. The van der Waals surface area contributed by atoms with Crippen LogP contribution in [-0.4, -0.2) is 33.7 Å². The van der Waals surface area contributed by atoms with Gasteiger partial charge in [0.15, 0.2) is 5.78 Å². The molecule has 200 valence electrons. The number of benzene rings is 3. The highest BCUT2D eigenvalue weighted by atomic mass is 19.4. The van der Waals surface area contributed by atoms with Gasteiger partial charge in [-0.1, -0.05) is 67.1 Å². The Hall–Kier alpha value is -3.84. The standard InChI is InChI=1S/C32H30F3N3O/c33-32(34,35)28-9-5-8-27(21-28)29-14-15-36-31(37-29)20-25-7-4-6-24(18-25)19-30(39)26-12-10-23(11-13-26)22-38-16-2-1-3-17-38/h4-15,18,21H,1-3,16-17,19-20,22H2. The van der Waals surface area contributed by atoms with Crippen LogP contribution in [-0.2, 0) is 25.6 Å². The highest BCUT2D eigenvalue weighted by molar-refractivity contribution is 5.97. The molecule has 4 aromatic rings. The second-order valence-electron chi connectivity index (χ2n) is 10.1. The summed E-state index contributed by atoms with van der Waals surface area (Å²) < 4.78 is 39.4. The van der Waals surface area contributed by atoms with Crippen molar-refractivity contribution >= 4 is 5.78 Å². The topological polar surface area (TPSA) is 46.1 Å². The molecule has 0 spiro atoms. The van der Waals surface area contributed by atoms with Crippen molar-refractivity contribution in [3.63, 3.8) is 0 Å². The molecule has 1 aromatic heterocycles. The van der Waals surface area contributed by atoms with Gasteiger partial charge in [0.1, 0.15) is 5.82 Å². The third-order valence-corrected chi connectivity index (χ3v) is 7.04. The van der Waals surface area contributed by atoms with Crippen molar-refractivity contribution in [3.8, 4) is 11.3 Å². The molecule has 1 saturated heterocycles. The van der Waals surface area contributed by atoms with Crippen LogP contribution in [0.3, 0.4) is 0 Å². The van der Waals surface area contributed by atoms with Gasteiger partial charge in [0, 0.05) is 36.7 Å². The fourth-order valence-electron chi connectivity index (χ4n) is 4.99. The minimum absolute atomic E-state index is 0.0551. The summed E-state index contributed by atoms with van der Waals surface area (Å²) in [5.74, 6) is 0.553. The Morgan fingerprint density at radius 2 is 1.56 bits per heavy atom. The SMILES string of the molecule is O=C(Cc1cccc(Cc2nccc(-c3cccc(C(F)(F)F)c3)n2)c1)c1ccc(CN2CCCCC2)cc1. The van der Waals surface area contributed by atoms with Gasteiger partial charge < -0.3 is 0 Å². The minimum atomic E-state index is -4.42. The zero-order valence-electron chi connectivity index (χ0n) is 21.6. The van der Waals surface area contributed by atoms with Crippen LogP contribution in [0.2, 0.25) is 0 Å². The van der Waals surface area contributed by atoms with Crippen LogP contribution in [0.5, 0.6) is 0 Å². The van der Waals surface area contributed by atoms with Crippen LogP contribution in [0.15, 0.2) is 85.1 Å². The molecular weight excluding hydrogens is 499 g/mol. The summed E-state index contributed by atoms with van der Waals surface area (Å²) in [5.41, 5.74) is 3.84. The molecule has 1 fully saturated rings. The molecule has 39 heavy (non-hydrogen) atoms.